The summed E-state index contributed by atoms with van der Waals surface area (Å²) >= 11 is 14.9. The standard InChI is InChI=1S/C13H7Br2ClINO/c14-9-3-1-7(5-11(9)16)13(19)18-12-4-2-8(17)6-10(12)15/h1-6H,(H,18,19). The van der Waals surface area contributed by atoms with E-state index in [0.29, 0.717) is 10.6 Å². The number of benzene rings is 2. The second kappa shape index (κ2) is 6.56. The monoisotopic (exact) mass is 513 g/mol. The molecule has 0 saturated heterocycles. The minimum absolute atomic E-state index is 0.198. The average Bonchev–Trinajstić information content (AvgIpc) is 2.36. The van der Waals surface area contributed by atoms with Crippen molar-refractivity contribution < 1.29 is 4.79 Å². The van der Waals surface area contributed by atoms with Crippen LogP contribution in [0.3, 0.4) is 0 Å². The third-order valence-electron chi connectivity index (χ3n) is 2.36. The molecule has 0 saturated carbocycles. The molecule has 0 radical (unpaired) electrons. The largest absolute Gasteiger partial charge is 0.321 e. The van der Waals surface area contributed by atoms with Crippen LogP contribution < -0.4 is 5.32 Å². The molecule has 0 spiro atoms. The summed E-state index contributed by atoms with van der Waals surface area (Å²) in [4.78, 5) is 12.1. The highest BCUT2D eigenvalue weighted by molar-refractivity contribution is 14.1. The molecule has 0 atom stereocenters. The van der Waals surface area contributed by atoms with Gasteiger partial charge in [-0.3, -0.25) is 4.79 Å². The van der Waals surface area contributed by atoms with Gasteiger partial charge in [0.05, 0.1) is 10.7 Å². The number of carbonyl (C=O) groups is 1. The number of nitrogens with one attached hydrogen (secondary N) is 1. The Morgan fingerprint density at radius 3 is 2.47 bits per heavy atom. The molecule has 2 nitrogen and oxygen atoms in total. The first-order valence-corrected chi connectivity index (χ1v) is 8.23. The maximum Gasteiger partial charge on any atom is 0.255 e. The van der Waals surface area contributed by atoms with Crippen LogP contribution in [-0.2, 0) is 0 Å². The van der Waals surface area contributed by atoms with E-state index in [-0.39, 0.29) is 5.91 Å². The number of hydrogen-bond donors (Lipinski definition) is 1. The molecule has 2 aromatic rings. The Bertz CT molecular complexity index is 649. The van der Waals surface area contributed by atoms with Crippen molar-refractivity contribution >= 4 is 77.6 Å². The van der Waals surface area contributed by atoms with Crippen LogP contribution in [0.4, 0.5) is 5.69 Å². The van der Waals surface area contributed by atoms with Gasteiger partial charge >= 0.3 is 0 Å². The number of anilines is 1. The van der Waals surface area contributed by atoms with Crippen molar-refractivity contribution in [2.24, 2.45) is 0 Å². The molecule has 0 bridgehead atoms. The summed E-state index contributed by atoms with van der Waals surface area (Å²) in [6.45, 7) is 0. The third-order valence-corrected chi connectivity index (χ3v) is 4.92. The molecule has 6 heteroatoms. The summed E-state index contributed by atoms with van der Waals surface area (Å²) in [5.74, 6) is -0.198. The average molecular weight is 515 g/mol. The van der Waals surface area contributed by atoms with Crippen molar-refractivity contribution in [1.29, 1.82) is 0 Å². The highest BCUT2D eigenvalue weighted by Crippen LogP contribution is 2.26. The minimum Gasteiger partial charge on any atom is -0.321 e. The molecule has 0 aliphatic heterocycles. The molecule has 2 aromatic carbocycles. The predicted molar refractivity (Wildman–Crippen MR) is 94.0 cm³/mol. The molecular weight excluding hydrogens is 508 g/mol. The van der Waals surface area contributed by atoms with E-state index < -0.39 is 0 Å². The molecule has 0 aliphatic rings. The Morgan fingerprint density at radius 1 is 1.11 bits per heavy atom. The van der Waals surface area contributed by atoms with Gasteiger partial charge in [0.15, 0.2) is 0 Å². The topological polar surface area (TPSA) is 29.1 Å². The van der Waals surface area contributed by atoms with Gasteiger partial charge in [0.25, 0.3) is 5.91 Å². The van der Waals surface area contributed by atoms with Gasteiger partial charge in [-0.2, -0.15) is 0 Å². The normalized spacial score (nSPS) is 10.3. The van der Waals surface area contributed by atoms with Gasteiger partial charge in [0.1, 0.15) is 0 Å². The van der Waals surface area contributed by atoms with E-state index in [2.05, 4.69) is 59.8 Å². The highest BCUT2D eigenvalue weighted by atomic mass is 127. The van der Waals surface area contributed by atoms with E-state index in [4.69, 9.17) is 11.6 Å². The fraction of sp³-hybridized carbons (Fsp3) is 0. The molecule has 0 heterocycles. The number of rotatable bonds is 2. The minimum atomic E-state index is -0.198. The van der Waals surface area contributed by atoms with Crippen LogP contribution in [0.5, 0.6) is 0 Å². The van der Waals surface area contributed by atoms with Crippen molar-refractivity contribution in [2.75, 3.05) is 5.32 Å². The van der Waals surface area contributed by atoms with Crippen molar-refractivity contribution in [1.82, 2.24) is 0 Å². The SMILES string of the molecule is O=C(Nc1ccc(I)cc1Br)c1ccc(Br)c(Cl)c1. The molecule has 0 unspecified atom stereocenters. The fourth-order valence-corrected chi connectivity index (χ4v) is 3.25. The Hall–Kier alpha value is -0.110. The summed E-state index contributed by atoms with van der Waals surface area (Å²) in [5.41, 5.74) is 1.24. The van der Waals surface area contributed by atoms with Gasteiger partial charge in [-0.05, 0) is 90.8 Å². The van der Waals surface area contributed by atoms with Crippen molar-refractivity contribution in [3.05, 3.63) is 59.5 Å². The van der Waals surface area contributed by atoms with Crippen LogP contribution in [0.25, 0.3) is 0 Å². The molecule has 19 heavy (non-hydrogen) atoms. The lowest BCUT2D eigenvalue weighted by molar-refractivity contribution is 0.102. The lowest BCUT2D eigenvalue weighted by Crippen LogP contribution is -2.12. The van der Waals surface area contributed by atoms with Gasteiger partial charge < -0.3 is 5.32 Å². The Balaban J connectivity index is 2.23. The quantitative estimate of drug-likeness (QED) is 0.510. The fourth-order valence-electron chi connectivity index (χ4n) is 1.42. The van der Waals surface area contributed by atoms with E-state index in [1.807, 2.05) is 18.2 Å². The molecule has 98 valence electrons. The van der Waals surface area contributed by atoms with Gasteiger partial charge in [-0.15, -0.1) is 0 Å². The lowest BCUT2D eigenvalue weighted by Gasteiger charge is -2.08. The van der Waals surface area contributed by atoms with Gasteiger partial charge in [-0.1, -0.05) is 11.6 Å². The van der Waals surface area contributed by atoms with Gasteiger partial charge in [0, 0.05) is 18.1 Å². The van der Waals surface area contributed by atoms with Crippen LogP contribution in [-0.4, -0.2) is 5.91 Å². The van der Waals surface area contributed by atoms with Crippen LogP contribution in [0.15, 0.2) is 45.3 Å². The summed E-state index contributed by atoms with van der Waals surface area (Å²) in [6, 6.07) is 10.8. The van der Waals surface area contributed by atoms with Gasteiger partial charge in [-0.25, -0.2) is 0 Å². The predicted octanol–water partition coefficient (Wildman–Crippen LogP) is 5.72. The first-order valence-electron chi connectivity index (χ1n) is 5.19. The zero-order valence-corrected chi connectivity index (χ0v) is 15.5. The second-order valence-electron chi connectivity index (χ2n) is 3.71. The summed E-state index contributed by atoms with van der Waals surface area (Å²) < 4.78 is 2.70. The second-order valence-corrected chi connectivity index (χ2v) is 7.07. The highest BCUT2D eigenvalue weighted by Gasteiger charge is 2.10. The van der Waals surface area contributed by atoms with Crippen molar-refractivity contribution in [3.63, 3.8) is 0 Å². The Morgan fingerprint density at radius 2 is 1.84 bits per heavy atom. The maximum atomic E-state index is 12.1. The van der Waals surface area contributed by atoms with Gasteiger partial charge in [0.2, 0.25) is 0 Å². The van der Waals surface area contributed by atoms with Crippen molar-refractivity contribution in [2.45, 2.75) is 0 Å². The summed E-state index contributed by atoms with van der Waals surface area (Å²) in [5, 5.41) is 3.35. The molecule has 0 fully saturated rings. The number of halogens is 4. The van der Waals surface area contributed by atoms with Crippen LogP contribution in [0.2, 0.25) is 5.02 Å². The van der Waals surface area contributed by atoms with Crippen LogP contribution in [0, 0.1) is 3.57 Å². The first kappa shape index (κ1) is 15.3. The molecule has 0 aliphatic carbocycles. The van der Waals surface area contributed by atoms with E-state index in [0.717, 1.165) is 18.2 Å². The Labute approximate surface area is 146 Å². The summed E-state index contributed by atoms with van der Waals surface area (Å²) in [6.07, 6.45) is 0. The smallest absolute Gasteiger partial charge is 0.255 e. The Kier molecular flexibility index (Phi) is 5.28. The first-order chi connectivity index (χ1) is 8.97. The zero-order chi connectivity index (χ0) is 14.0. The van der Waals surface area contributed by atoms with Crippen LogP contribution >= 0.6 is 66.1 Å². The molecule has 1 N–H and O–H groups in total. The molecular formula is C13H7Br2ClINO. The van der Waals surface area contributed by atoms with Crippen molar-refractivity contribution in [3.8, 4) is 0 Å². The maximum absolute atomic E-state index is 12.1. The van der Waals surface area contributed by atoms with E-state index in [1.54, 1.807) is 18.2 Å². The molecule has 1 amide bonds. The van der Waals surface area contributed by atoms with E-state index in [9.17, 15) is 4.79 Å². The van der Waals surface area contributed by atoms with E-state index in [1.165, 1.54) is 0 Å². The van der Waals surface area contributed by atoms with Crippen LogP contribution in [0.1, 0.15) is 10.4 Å². The van der Waals surface area contributed by atoms with E-state index >= 15 is 0 Å². The zero-order valence-electron chi connectivity index (χ0n) is 9.38. The lowest BCUT2D eigenvalue weighted by atomic mass is 10.2. The summed E-state index contributed by atoms with van der Waals surface area (Å²) in [7, 11) is 0. The number of amides is 1. The third kappa shape index (κ3) is 3.93. The number of carbonyl (C=O) groups excluding carboxylic acids is 1. The molecule has 2 rings (SSSR count). The molecule has 0 aromatic heterocycles. The number of hydrogen-bond acceptors (Lipinski definition) is 1.